The Morgan fingerprint density at radius 3 is 2.62 bits per heavy atom. The number of para-hydroxylation sites is 1. The summed E-state index contributed by atoms with van der Waals surface area (Å²) in [6.07, 6.45) is 0. The molecule has 0 unspecified atom stereocenters. The van der Waals surface area contributed by atoms with Crippen LogP contribution in [0.4, 0.5) is 0 Å². The van der Waals surface area contributed by atoms with E-state index >= 15 is 0 Å². The molecular formula is C16H11N3OS. The van der Waals surface area contributed by atoms with Crippen LogP contribution in [-0.4, -0.2) is 14.8 Å². The highest BCUT2D eigenvalue weighted by Crippen LogP contribution is 2.23. The predicted molar refractivity (Wildman–Crippen MR) is 85.0 cm³/mol. The molecule has 0 amide bonds. The third-order valence-corrected chi connectivity index (χ3v) is 4.23. The van der Waals surface area contributed by atoms with Gasteiger partial charge in [0, 0.05) is 0 Å². The van der Waals surface area contributed by atoms with Gasteiger partial charge in [0.05, 0.1) is 21.6 Å². The molecule has 21 heavy (non-hydrogen) atoms. The Labute approximate surface area is 124 Å². The lowest BCUT2D eigenvalue weighted by molar-refractivity contribution is 0.859. The molecule has 0 aliphatic heterocycles. The maximum atomic E-state index is 12.4. The topological polar surface area (TPSA) is 50.7 Å². The smallest absolute Gasteiger partial charge is 0.274 e. The zero-order valence-corrected chi connectivity index (χ0v) is 11.8. The lowest BCUT2D eigenvalue weighted by Gasteiger charge is -1.99. The minimum Gasteiger partial charge on any atom is -0.274 e. The fourth-order valence-corrected chi connectivity index (χ4v) is 3.01. The molecule has 0 atom stereocenters. The molecule has 0 saturated carbocycles. The first-order chi connectivity index (χ1) is 10.3. The van der Waals surface area contributed by atoms with E-state index in [0.29, 0.717) is 11.0 Å². The number of hydrogen-bond donors (Lipinski definition) is 1. The second-order valence-electron chi connectivity index (χ2n) is 4.66. The summed E-state index contributed by atoms with van der Waals surface area (Å²) in [6, 6.07) is 17.2. The molecule has 4 rings (SSSR count). The Hall–Kier alpha value is -2.66. The van der Waals surface area contributed by atoms with Gasteiger partial charge in [-0.3, -0.25) is 9.89 Å². The van der Waals surface area contributed by atoms with E-state index in [1.165, 1.54) is 4.68 Å². The zero-order chi connectivity index (χ0) is 14.2. The summed E-state index contributed by atoms with van der Waals surface area (Å²) in [6.45, 7) is 0. The van der Waals surface area contributed by atoms with Crippen molar-refractivity contribution in [3.05, 3.63) is 70.3 Å². The van der Waals surface area contributed by atoms with Crippen molar-refractivity contribution in [1.82, 2.24) is 14.8 Å². The quantitative estimate of drug-likeness (QED) is 0.615. The predicted octanol–water partition coefficient (Wildman–Crippen LogP) is 3.44. The summed E-state index contributed by atoms with van der Waals surface area (Å²) in [4.78, 5) is 18.1. The molecule has 3 aromatic heterocycles. The van der Waals surface area contributed by atoms with Crippen molar-refractivity contribution in [3.8, 4) is 16.3 Å². The van der Waals surface area contributed by atoms with Crippen LogP contribution in [-0.2, 0) is 0 Å². The van der Waals surface area contributed by atoms with Crippen LogP contribution in [0.1, 0.15) is 0 Å². The summed E-state index contributed by atoms with van der Waals surface area (Å²) < 4.78 is 1.52. The lowest BCUT2D eigenvalue weighted by Crippen LogP contribution is -2.13. The highest BCUT2D eigenvalue weighted by atomic mass is 32.1. The molecule has 0 aliphatic carbocycles. The van der Waals surface area contributed by atoms with Crippen molar-refractivity contribution in [2.45, 2.75) is 0 Å². The molecule has 0 fully saturated rings. The van der Waals surface area contributed by atoms with E-state index in [9.17, 15) is 4.79 Å². The highest BCUT2D eigenvalue weighted by molar-refractivity contribution is 7.13. The first kappa shape index (κ1) is 12.1. The molecule has 1 aromatic carbocycles. The van der Waals surface area contributed by atoms with Gasteiger partial charge >= 0.3 is 0 Å². The largest absolute Gasteiger partial charge is 0.280 e. The zero-order valence-electron chi connectivity index (χ0n) is 11.0. The number of benzene rings is 1. The van der Waals surface area contributed by atoms with Crippen LogP contribution in [0.25, 0.3) is 27.3 Å². The van der Waals surface area contributed by atoms with Crippen LogP contribution in [0.3, 0.4) is 0 Å². The van der Waals surface area contributed by atoms with Crippen molar-refractivity contribution in [2.75, 3.05) is 0 Å². The van der Waals surface area contributed by atoms with Crippen LogP contribution in [0, 0.1) is 0 Å². The number of fused-ring (bicyclic) bond motifs is 1. The molecule has 5 heteroatoms. The van der Waals surface area contributed by atoms with Crippen LogP contribution in [0.2, 0.25) is 0 Å². The number of nitrogens with one attached hydrogen (secondary N) is 1. The fourth-order valence-electron chi connectivity index (χ4n) is 2.31. The molecule has 0 saturated heterocycles. The van der Waals surface area contributed by atoms with Crippen molar-refractivity contribution >= 4 is 22.4 Å². The van der Waals surface area contributed by atoms with Crippen LogP contribution in [0.5, 0.6) is 0 Å². The summed E-state index contributed by atoms with van der Waals surface area (Å²) >= 11 is 1.63. The Morgan fingerprint density at radius 2 is 1.86 bits per heavy atom. The van der Waals surface area contributed by atoms with E-state index < -0.39 is 0 Å². The van der Waals surface area contributed by atoms with E-state index in [4.69, 9.17) is 0 Å². The maximum absolute atomic E-state index is 12.4. The Bertz CT molecular complexity index is 952. The van der Waals surface area contributed by atoms with Gasteiger partial charge in [0.25, 0.3) is 5.56 Å². The van der Waals surface area contributed by atoms with Crippen LogP contribution in [0.15, 0.2) is 64.8 Å². The molecule has 4 aromatic rings. The van der Waals surface area contributed by atoms with Gasteiger partial charge in [-0.1, -0.05) is 24.3 Å². The molecule has 0 radical (unpaired) electrons. The first-order valence-electron chi connectivity index (χ1n) is 6.54. The minimum atomic E-state index is -0.0820. The third-order valence-electron chi connectivity index (χ3n) is 3.33. The number of H-pyrrole nitrogens is 1. The first-order valence-corrected chi connectivity index (χ1v) is 7.42. The number of thiophene rings is 1. The van der Waals surface area contributed by atoms with E-state index in [1.54, 1.807) is 11.3 Å². The number of pyridine rings is 1. The van der Waals surface area contributed by atoms with Gasteiger partial charge in [-0.05, 0) is 35.7 Å². The summed E-state index contributed by atoms with van der Waals surface area (Å²) in [7, 11) is 0. The van der Waals surface area contributed by atoms with Gasteiger partial charge in [0.1, 0.15) is 0 Å². The Balaban J connectivity index is 1.93. The summed E-state index contributed by atoms with van der Waals surface area (Å²) in [5, 5.41) is 5.69. The average molecular weight is 293 g/mol. The SMILES string of the molecule is O=c1c2ccc(-c3cccs3)nc2[nH]n1-c1ccccc1. The Morgan fingerprint density at radius 1 is 1.00 bits per heavy atom. The average Bonchev–Trinajstić information content (AvgIpc) is 3.16. The van der Waals surface area contributed by atoms with Gasteiger partial charge in [-0.15, -0.1) is 11.3 Å². The summed E-state index contributed by atoms with van der Waals surface area (Å²) in [5.41, 5.74) is 2.20. The van der Waals surface area contributed by atoms with Crippen molar-refractivity contribution < 1.29 is 0 Å². The molecular weight excluding hydrogens is 282 g/mol. The fraction of sp³-hybridized carbons (Fsp3) is 0. The van der Waals surface area contributed by atoms with E-state index in [0.717, 1.165) is 16.3 Å². The number of aromatic amines is 1. The number of aromatic nitrogens is 3. The van der Waals surface area contributed by atoms with Gasteiger partial charge in [0.2, 0.25) is 0 Å². The molecule has 0 spiro atoms. The number of rotatable bonds is 2. The van der Waals surface area contributed by atoms with Gasteiger partial charge < -0.3 is 0 Å². The normalized spacial score (nSPS) is 11.0. The second-order valence-corrected chi connectivity index (χ2v) is 5.61. The monoisotopic (exact) mass is 293 g/mol. The standard InChI is InChI=1S/C16H11N3OS/c20-16-12-8-9-13(14-7-4-10-21-14)17-15(12)18-19(16)11-5-2-1-3-6-11/h1-10H,(H,17,18). The van der Waals surface area contributed by atoms with E-state index in [2.05, 4.69) is 10.1 Å². The molecule has 4 nitrogen and oxygen atoms in total. The lowest BCUT2D eigenvalue weighted by atomic mass is 10.2. The van der Waals surface area contributed by atoms with Gasteiger partial charge in [-0.2, -0.15) is 0 Å². The third kappa shape index (κ3) is 1.98. The highest BCUT2D eigenvalue weighted by Gasteiger charge is 2.10. The summed E-state index contributed by atoms with van der Waals surface area (Å²) in [5.74, 6) is 0. The van der Waals surface area contributed by atoms with Crippen molar-refractivity contribution in [2.24, 2.45) is 0 Å². The van der Waals surface area contributed by atoms with Crippen LogP contribution >= 0.6 is 11.3 Å². The van der Waals surface area contributed by atoms with Gasteiger partial charge in [-0.25, -0.2) is 9.67 Å². The van der Waals surface area contributed by atoms with Gasteiger partial charge in [0.15, 0.2) is 5.65 Å². The number of nitrogens with zero attached hydrogens (tertiary/aromatic N) is 2. The molecule has 0 bridgehead atoms. The molecule has 102 valence electrons. The molecule has 3 heterocycles. The van der Waals surface area contributed by atoms with Crippen LogP contribution < -0.4 is 5.56 Å². The van der Waals surface area contributed by atoms with Crippen molar-refractivity contribution in [1.29, 1.82) is 0 Å². The number of hydrogen-bond acceptors (Lipinski definition) is 3. The Kier molecular flexibility index (Phi) is 2.72. The van der Waals surface area contributed by atoms with E-state index in [-0.39, 0.29) is 5.56 Å². The molecule has 0 aliphatic rings. The molecule has 1 N–H and O–H groups in total. The maximum Gasteiger partial charge on any atom is 0.280 e. The van der Waals surface area contributed by atoms with Crippen molar-refractivity contribution in [3.63, 3.8) is 0 Å². The van der Waals surface area contributed by atoms with E-state index in [1.807, 2.05) is 60.0 Å². The second kappa shape index (κ2) is 4.71. The minimum absolute atomic E-state index is 0.0820.